The first-order chi connectivity index (χ1) is 9.97. The number of carboxylic acid groups (broad SMARTS) is 1. The van der Waals surface area contributed by atoms with Crippen LogP contribution < -0.4 is 0 Å². The van der Waals surface area contributed by atoms with E-state index in [1.165, 1.54) is 0 Å². The van der Waals surface area contributed by atoms with Gasteiger partial charge in [-0.1, -0.05) is 13.8 Å². The first-order valence-corrected chi connectivity index (χ1v) is 7.36. The molecule has 1 unspecified atom stereocenters. The number of rotatable bonds is 7. The predicted molar refractivity (Wildman–Crippen MR) is 80.5 cm³/mol. The highest BCUT2D eigenvalue weighted by atomic mass is 16.6. The molecule has 7 heteroatoms. The molecule has 128 valence electrons. The van der Waals surface area contributed by atoms with Crippen molar-refractivity contribution in [3.63, 3.8) is 0 Å². The highest BCUT2D eigenvalue weighted by Gasteiger charge is 2.35. The second-order valence-electron chi connectivity index (χ2n) is 6.40. The van der Waals surface area contributed by atoms with E-state index in [-0.39, 0.29) is 18.9 Å². The predicted octanol–water partition coefficient (Wildman–Crippen LogP) is 2.29. The molecule has 0 radical (unpaired) electrons. The van der Waals surface area contributed by atoms with Crippen molar-refractivity contribution in [3.8, 4) is 0 Å². The normalized spacial score (nSPS) is 12.7. The minimum Gasteiger partial charge on any atom is -0.480 e. The lowest BCUT2D eigenvalue weighted by molar-refractivity contribution is -0.149. The second-order valence-corrected chi connectivity index (χ2v) is 6.40. The fourth-order valence-corrected chi connectivity index (χ4v) is 1.78. The van der Waals surface area contributed by atoms with Gasteiger partial charge in [0.2, 0.25) is 0 Å². The van der Waals surface area contributed by atoms with E-state index in [9.17, 15) is 19.5 Å². The molecule has 0 saturated carbocycles. The smallest absolute Gasteiger partial charge is 0.411 e. The minimum atomic E-state index is -1.18. The maximum atomic E-state index is 12.3. The minimum absolute atomic E-state index is 0.0354. The molecule has 7 nitrogen and oxygen atoms in total. The maximum absolute atomic E-state index is 12.3. The van der Waals surface area contributed by atoms with Gasteiger partial charge in [0.1, 0.15) is 18.2 Å². The first-order valence-electron chi connectivity index (χ1n) is 7.36. The molecular formula is C15H27NO6. The largest absolute Gasteiger partial charge is 0.480 e. The molecule has 0 aromatic heterocycles. The lowest BCUT2D eigenvalue weighted by atomic mass is 10.0. The van der Waals surface area contributed by atoms with E-state index in [4.69, 9.17) is 9.47 Å². The van der Waals surface area contributed by atoms with Crippen molar-refractivity contribution in [2.75, 3.05) is 13.2 Å². The van der Waals surface area contributed by atoms with Crippen molar-refractivity contribution < 1.29 is 29.0 Å². The van der Waals surface area contributed by atoms with Gasteiger partial charge in [0.25, 0.3) is 0 Å². The van der Waals surface area contributed by atoms with E-state index in [1.54, 1.807) is 27.7 Å². The van der Waals surface area contributed by atoms with Crippen LogP contribution in [0.4, 0.5) is 4.79 Å². The summed E-state index contributed by atoms with van der Waals surface area (Å²) in [5.74, 6) is -1.81. The van der Waals surface area contributed by atoms with E-state index in [0.29, 0.717) is 0 Å². The summed E-state index contributed by atoms with van der Waals surface area (Å²) in [6.45, 7) is 10.0. The molecule has 1 N–H and O–H groups in total. The number of aliphatic carboxylic acids is 1. The molecule has 0 fully saturated rings. The molecule has 0 aliphatic heterocycles. The third-order valence-electron chi connectivity index (χ3n) is 2.59. The van der Waals surface area contributed by atoms with Crippen LogP contribution in [0.25, 0.3) is 0 Å². The average Bonchev–Trinajstić information content (AvgIpc) is 2.31. The summed E-state index contributed by atoms with van der Waals surface area (Å²) in [4.78, 5) is 36.3. The van der Waals surface area contributed by atoms with Crippen LogP contribution in [0.5, 0.6) is 0 Å². The summed E-state index contributed by atoms with van der Waals surface area (Å²) in [6.07, 6.45) is -0.623. The van der Waals surface area contributed by atoms with Gasteiger partial charge < -0.3 is 14.6 Å². The topological polar surface area (TPSA) is 93.1 Å². The molecule has 0 aromatic carbocycles. The third-order valence-corrected chi connectivity index (χ3v) is 2.59. The lowest BCUT2D eigenvalue weighted by Crippen LogP contribution is -2.50. The highest BCUT2D eigenvalue weighted by Crippen LogP contribution is 2.17. The zero-order chi connectivity index (χ0) is 17.5. The quantitative estimate of drug-likeness (QED) is 0.724. The Balaban J connectivity index is 5.31. The zero-order valence-electron chi connectivity index (χ0n) is 14.2. The number of carboxylic acids is 1. The van der Waals surface area contributed by atoms with Gasteiger partial charge in [-0.05, 0) is 40.0 Å². The number of carbonyl (C=O) groups is 3. The average molecular weight is 317 g/mol. The Morgan fingerprint density at radius 1 is 1.18 bits per heavy atom. The van der Waals surface area contributed by atoms with Crippen LogP contribution in [-0.4, -0.2) is 52.8 Å². The maximum Gasteiger partial charge on any atom is 0.411 e. The summed E-state index contributed by atoms with van der Waals surface area (Å²) >= 11 is 0. The Morgan fingerprint density at radius 2 is 1.73 bits per heavy atom. The van der Waals surface area contributed by atoms with Crippen molar-refractivity contribution >= 4 is 18.0 Å². The molecule has 1 atom stereocenters. The van der Waals surface area contributed by atoms with Crippen LogP contribution in [0.1, 0.15) is 48.0 Å². The van der Waals surface area contributed by atoms with Gasteiger partial charge >= 0.3 is 18.0 Å². The molecule has 0 aliphatic carbocycles. The number of amides is 1. The fourth-order valence-electron chi connectivity index (χ4n) is 1.78. The number of nitrogens with zero attached hydrogens (tertiary/aromatic N) is 1. The lowest BCUT2D eigenvalue weighted by Gasteiger charge is -2.31. The monoisotopic (exact) mass is 317 g/mol. The molecular weight excluding hydrogens is 290 g/mol. The van der Waals surface area contributed by atoms with Crippen LogP contribution >= 0.6 is 0 Å². The molecule has 22 heavy (non-hydrogen) atoms. The van der Waals surface area contributed by atoms with E-state index >= 15 is 0 Å². The van der Waals surface area contributed by atoms with Gasteiger partial charge in [0.05, 0.1) is 6.61 Å². The van der Waals surface area contributed by atoms with Gasteiger partial charge in [-0.25, -0.2) is 9.59 Å². The van der Waals surface area contributed by atoms with Crippen molar-refractivity contribution in [1.29, 1.82) is 0 Å². The van der Waals surface area contributed by atoms with Crippen LogP contribution in [-0.2, 0) is 19.1 Å². The fraction of sp³-hybridized carbons (Fsp3) is 0.800. The summed E-state index contributed by atoms with van der Waals surface area (Å²) in [5.41, 5.74) is -0.787. The van der Waals surface area contributed by atoms with Gasteiger partial charge in [-0.2, -0.15) is 0 Å². The van der Waals surface area contributed by atoms with Gasteiger partial charge in [-0.15, -0.1) is 0 Å². The van der Waals surface area contributed by atoms with Crippen LogP contribution in [0.2, 0.25) is 0 Å². The van der Waals surface area contributed by atoms with Crippen LogP contribution in [0, 0.1) is 5.92 Å². The molecule has 0 saturated heterocycles. The molecule has 0 spiro atoms. The Bertz CT molecular complexity index is 399. The molecule has 0 aromatic rings. The van der Waals surface area contributed by atoms with Gasteiger partial charge in [0.15, 0.2) is 0 Å². The molecule has 0 rings (SSSR count). The SMILES string of the molecule is CCOC(=O)CN(C(=O)OC(C)(C)C)C(CC(C)C)C(=O)O. The summed E-state index contributed by atoms with van der Waals surface area (Å²) < 4.78 is 10.0. The highest BCUT2D eigenvalue weighted by molar-refractivity contribution is 5.84. The Hall–Kier alpha value is -1.79. The number of esters is 1. The summed E-state index contributed by atoms with van der Waals surface area (Å²) in [7, 11) is 0. The number of hydrogen-bond donors (Lipinski definition) is 1. The third kappa shape index (κ3) is 7.85. The van der Waals surface area contributed by atoms with Crippen LogP contribution in [0.3, 0.4) is 0 Å². The van der Waals surface area contributed by atoms with Crippen LogP contribution in [0.15, 0.2) is 0 Å². The second kappa shape index (κ2) is 8.60. The Labute approximate surface area is 131 Å². The van der Waals surface area contributed by atoms with Crippen molar-refractivity contribution in [2.24, 2.45) is 5.92 Å². The number of carbonyl (C=O) groups excluding carboxylic acids is 2. The Morgan fingerprint density at radius 3 is 2.09 bits per heavy atom. The summed E-state index contributed by atoms with van der Waals surface area (Å²) in [5, 5.41) is 9.38. The van der Waals surface area contributed by atoms with Crippen molar-refractivity contribution in [1.82, 2.24) is 4.90 Å². The Kier molecular flexibility index (Phi) is 7.90. The summed E-state index contributed by atoms with van der Waals surface area (Å²) in [6, 6.07) is -1.14. The number of ether oxygens (including phenoxy) is 2. The van der Waals surface area contributed by atoms with Crippen molar-refractivity contribution in [3.05, 3.63) is 0 Å². The standard InChI is InChI=1S/C15H27NO6/c1-7-21-12(17)9-16(14(20)22-15(4,5)6)11(13(18)19)8-10(2)3/h10-11H,7-9H2,1-6H3,(H,18,19). The molecule has 0 aliphatic rings. The molecule has 0 heterocycles. The van der Waals surface area contributed by atoms with E-state index in [0.717, 1.165) is 4.90 Å². The molecule has 1 amide bonds. The number of hydrogen-bond acceptors (Lipinski definition) is 5. The zero-order valence-corrected chi connectivity index (χ0v) is 14.2. The van der Waals surface area contributed by atoms with E-state index < -0.39 is 36.2 Å². The van der Waals surface area contributed by atoms with Gasteiger partial charge in [-0.3, -0.25) is 9.69 Å². The van der Waals surface area contributed by atoms with Crippen molar-refractivity contribution in [2.45, 2.75) is 59.6 Å². The van der Waals surface area contributed by atoms with E-state index in [1.807, 2.05) is 13.8 Å². The molecule has 0 bridgehead atoms. The first kappa shape index (κ1) is 20.2. The van der Waals surface area contributed by atoms with Gasteiger partial charge in [0, 0.05) is 0 Å². The van der Waals surface area contributed by atoms with E-state index in [2.05, 4.69) is 0 Å².